The van der Waals surface area contributed by atoms with Crippen LogP contribution < -0.4 is 5.73 Å². The van der Waals surface area contributed by atoms with Gasteiger partial charge in [-0.15, -0.1) is 0 Å². The Labute approximate surface area is 110 Å². The van der Waals surface area contributed by atoms with Crippen molar-refractivity contribution >= 4 is 16.5 Å². The van der Waals surface area contributed by atoms with Gasteiger partial charge < -0.3 is 5.73 Å². The lowest BCUT2D eigenvalue weighted by molar-refractivity contribution is 0.628. The second-order valence-electron chi connectivity index (χ2n) is 4.52. The fourth-order valence-electron chi connectivity index (χ4n) is 2.31. The Morgan fingerprint density at radius 2 is 1.74 bits per heavy atom. The SMILES string of the molecule is Cc1nc(-c2cccc(F)c2)c(N)c2ccccc12. The van der Waals surface area contributed by atoms with E-state index in [1.54, 1.807) is 6.07 Å². The van der Waals surface area contributed by atoms with Gasteiger partial charge in [-0.25, -0.2) is 4.39 Å². The molecule has 0 saturated heterocycles. The third kappa shape index (κ3) is 1.93. The zero-order valence-corrected chi connectivity index (χ0v) is 10.5. The fourth-order valence-corrected chi connectivity index (χ4v) is 2.31. The molecule has 0 unspecified atom stereocenters. The highest BCUT2D eigenvalue weighted by Crippen LogP contribution is 2.32. The van der Waals surface area contributed by atoms with Gasteiger partial charge in [-0.3, -0.25) is 4.98 Å². The van der Waals surface area contributed by atoms with Crippen LogP contribution in [0.15, 0.2) is 48.5 Å². The maximum absolute atomic E-state index is 13.3. The van der Waals surface area contributed by atoms with Gasteiger partial charge >= 0.3 is 0 Å². The molecule has 2 N–H and O–H groups in total. The average Bonchev–Trinajstić information content (AvgIpc) is 2.43. The van der Waals surface area contributed by atoms with Crippen molar-refractivity contribution in [3.8, 4) is 11.3 Å². The van der Waals surface area contributed by atoms with Crippen LogP contribution in [0.3, 0.4) is 0 Å². The van der Waals surface area contributed by atoms with E-state index in [2.05, 4.69) is 4.98 Å². The van der Waals surface area contributed by atoms with Crippen LogP contribution in [0.2, 0.25) is 0 Å². The van der Waals surface area contributed by atoms with Gasteiger partial charge in [-0.05, 0) is 19.1 Å². The van der Waals surface area contributed by atoms with Gasteiger partial charge in [0.15, 0.2) is 0 Å². The smallest absolute Gasteiger partial charge is 0.123 e. The summed E-state index contributed by atoms with van der Waals surface area (Å²) < 4.78 is 13.3. The summed E-state index contributed by atoms with van der Waals surface area (Å²) in [6, 6.07) is 14.2. The maximum Gasteiger partial charge on any atom is 0.123 e. The van der Waals surface area contributed by atoms with Crippen molar-refractivity contribution in [3.63, 3.8) is 0 Å². The minimum Gasteiger partial charge on any atom is -0.396 e. The van der Waals surface area contributed by atoms with Crippen molar-refractivity contribution in [2.24, 2.45) is 0 Å². The van der Waals surface area contributed by atoms with Crippen LogP contribution >= 0.6 is 0 Å². The Morgan fingerprint density at radius 3 is 2.47 bits per heavy atom. The molecule has 3 rings (SSSR count). The van der Waals surface area contributed by atoms with E-state index in [4.69, 9.17) is 5.73 Å². The Balaban J connectivity index is 2.34. The number of fused-ring (bicyclic) bond motifs is 1. The highest BCUT2D eigenvalue weighted by molar-refractivity contribution is 5.99. The van der Waals surface area contributed by atoms with E-state index in [9.17, 15) is 4.39 Å². The third-order valence-corrected chi connectivity index (χ3v) is 3.24. The number of benzene rings is 2. The molecule has 1 aromatic heterocycles. The number of pyridine rings is 1. The molecule has 0 spiro atoms. The molecule has 0 aliphatic carbocycles. The molecule has 0 fully saturated rings. The number of nitrogen functional groups attached to an aromatic ring is 1. The Kier molecular flexibility index (Phi) is 2.67. The lowest BCUT2D eigenvalue weighted by Gasteiger charge is -2.11. The third-order valence-electron chi connectivity index (χ3n) is 3.24. The van der Waals surface area contributed by atoms with Crippen molar-refractivity contribution in [1.29, 1.82) is 0 Å². The number of aryl methyl sites for hydroxylation is 1. The van der Waals surface area contributed by atoms with Crippen molar-refractivity contribution in [2.75, 3.05) is 5.73 Å². The molecular formula is C16H13FN2. The van der Waals surface area contributed by atoms with Crippen molar-refractivity contribution in [3.05, 3.63) is 60.0 Å². The molecule has 0 radical (unpaired) electrons. The van der Waals surface area contributed by atoms with Crippen LogP contribution in [0.25, 0.3) is 22.0 Å². The summed E-state index contributed by atoms with van der Waals surface area (Å²) in [4.78, 5) is 4.52. The first-order valence-corrected chi connectivity index (χ1v) is 6.07. The monoisotopic (exact) mass is 252 g/mol. The Bertz CT molecular complexity index is 766. The van der Waals surface area contributed by atoms with E-state index in [0.29, 0.717) is 16.9 Å². The molecule has 3 heteroatoms. The molecule has 0 bridgehead atoms. The fraction of sp³-hybridized carbons (Fsp3) is 0.0625. The lowest BCUT2D eigenvalue weighted by Crippen LogP contribution is -1.98. The second-order valence-corrected chi connectivity index (χ2v) is 4.52. The minimum atomic E-state index is -0.287. The molecule has 0 amide bonds. The molecular weight excluding hydrogens is 239 g/mol. The first kappa shape index (κ1) is 11.7. The molecule has 0 atom stereocenters. The molecule has 0 aliphatic rings. The number of hydrogen-bond donors (Lipinski definition) is 1. The van der Waals surface area contributed by atoms with Gasteiger partial charge in [0.25, 0.3) is 0 Å². The number of nitrogens with two attached hydrogens (primary N) is 1. The van der Waals surface area contributed by atoms with E-state index in [1.165, 1.54) is 12.1 Å². The number of anilines is 1. The van der Waals surface area contributed by atoms with Crippen molar-refractivity contribution in [1.82, 2.24) is 4.98 Å². The molecule has 0 saturated carbocycles. The predicted molar refractivity (Wildman–Crippen MR) is 76.3 cm³/mol. The standard InChI is InChI=1S/C16H13FN2/c1-10-13-7-2-3-8-14(13)15(18)16(19-10)11-5-4-6-12(17)9-11/h2-9H,18H2,1H3. The summed E-state index contributed by atoms with van der Waals surface area (Å²) in [5.74, 6) is -0.287. The van der Waals surface area contributed by atoms with Crippen LogP contribution in [0.1, 0.15) is 5.69 Å². The number of nitrogens with zero attached hydrogens (tertiary/aromatic N) is 1. The summed E-state index contributed by atoms with van der Waals surface area (Å²) in [7, 11) is 0. The highest BCUT2D eigenvalue weighted by atomic mass is 19.1. The summed E-state index contributed by atoms with van der Waals surface area (Å²) in [6.45, 7) is 1.94. The number of aromatic nitrogens is 1. The lowest BCUT2D eigenvalue weighted by atomic mass is 10.0. The van der Waals surface area contributed by atoms with Gasteiger partial charge in [0.2, 0.25) is 0 Å². The van der Waals surface area contributed by atoms with E-state index in [-0.39, 0.29) is 5.82 Å². The zero-order valence-electron chi connectivity index (χ0n) is 10.5. The molecule has 1 heterocycles. The Morgan fingerprint density at radius 1 is 1.00 bits per heavy atom. The molecule has 3 aromatic rings. The average molecular weight is 252 g/mol. The number of halogens is 1. The maximum atomic E-state index is 13.3. The van der Waals surface area contributed by atoms with Gasteiger partial charge in [-0.2, -0.15) is 0 Å². The highest BCUT2D eigenvalue weighted by Gasteiger charge is 2.11. The van der Waals surface area contributed by atoms with E-state index >= 15 is 0 Å². The van der Waals surface area contributed by atoms with Gasteiger partial charge in [0, 0.05) is 22.0 Å². The number of rotatable bonds is 1. The van der Waals surface area contributed by atoms with Gasteiger partial charge in [-0.1, -0.05) is 36.4 Å². The van der Waals surface area contributed by atoms with Gasteiger partial charge in [0.05, 0.1) is 11.4 Å². The van der Waals surface area contributed by atoms with Crippen LogP contribution in [0.4, 0.5) is 10.1 Å². The second kappa shape index (κ2) is 4.35. The quantitative estimate of drug-likeness (QED) is 0.712. The van der Waals surface area contributed by atoms with E-state index in [1.807, 2.05) is 37.3 Å². The zero-order chi connectivity index (χ0) is 13.4. The summed E-state index contributed by atoms with van der Waals surface area (Å²) >= 11 is 0. The molecule has 94 valence electrons. The van der Waals surface area contributed by atoms with Crippen LogP contribution in [0.5, 0.6) is 0 Å². The minimum absolute atomic E-state index is 0.287. The van der Waals surface area contributed by atoms with Crippen LogP contribution in [0, 0.1) is 12.7 Å². The largest absolute Gasteiger partial charge is 0.396 e. The van der Waals surface area contributed by atoms with E-state index < -0.39 is 0 Å². The summed E-state index contributed by atoms with van der Waals surface area (Å²) in [6.07, 6.45) is 0. The van der Waals surface area contributed by atoms with Gasteiger partial charge in [0.1, 0.15) is 5.82 Å². The normalized spacial score (nSPS) is 10.8. The molecule has 0 aliphatic heterocycles. The first-order chi connectivity index (χ1) is 9.16. The summed E-state index contributed by atoms with van der Waals surface area (Å²) in [5.41, 5.74) is 9.00. The van der Waals surface area contributed by atoms with Crippen molar-refractivity contribution in [2.45, 2.75) is 6.92 Å². The number of hydrogen-bond acceptors (Lipinski definition) is 2. The molecule has 19 heavy (non-hydrogen) atoms. The first-order valence-electron chi connectivity index (χ1n) is 6.07. The van der Waals surface area contributed by atoms with E-state index in [0.717, 1.165) is 16.5 Å². The van der Waals surface area contributed by atoms with Crippen molar-refractivity contribution < 1.29 is 4.39 Å². The Hall–Kier alpha value is -2.42. The topological polar surface area (TPSA) is 38.9 Å². The molecule has 2 aromatic carbocycles. The summed E-state index contributed by atoms with van der Waals surface area (Å²) in [5, 5.41) is 1.98. The predicted octanol–water partition coefficient (Wildman–Crippen LogP) is 3.93. The van der Waals surface area contributed by atoms with Crippen LogP contribution in [-0.4, -0.2) is 4.98 Å². The molecule has 2 nitrogen and oxygen atoms in total. The van der Waals surface area contributed by atoms with Crippen LogP contribution in [-0.2, 0) is 0 Å².